The minimum atomic E-state index is -3.97. The first-order valence-corrected chi connectivity index (χ1v) is 8.43. The molecule has 1 aromatic heterocycles. The van der Waals surface area contributed by atoms with Gasteiger partial charge in [0.2, 0.25) is 0 Å². The molecule has 3 rings (SSSR count). The Kier molecular flexibility index (Phi) is 4.04. The molecule has 0 atom stereocenters. The van der Waals surface area contributed by atoms with Gasteiger partial charge in [0, 0.05) is 11.8 Å². The fourth-order valence-corrected chi connectivity index (χ4v) is 2.86. The molecule has 0 amide bonds. The van der Waals surface area contributed by atoms with Gasteiger partial charge in [-0.1, -0.05) is 24.3 Å². The number of fused-ring (bicyclic) bond motifs is 1. The molecule has 0 aliphatic heterocycles. The monoisotopic (exact) mass is 348 g/mol. The van der Waals surface area contributed by atoms with Crippen LogP contribution < -0.4 is 15.4 Å². The summed E-state index contributed by atoms with van der Waals surface area (Å²) in [4.78, 5) is 11.8. The minimum absolute atomic E-state index is 0.0260. The van der Waals surface area contributed by atoms with E-state index in [0.29, 0.717) is 22.0 Å². The Morgan fingerprint density at radius 2 is 1.88 bits per heavy atom. The summed E-state index contributed by atoms with van der Waals surface area (Å²) in [6.45, 7) is 0. The zero-order valence-corrected chi connectivity index (χ0v) is 13.1. The van der Waals surface area contributed by atoms with Crippen LogP contribution >= 0.6 is 0 Å². The van der Waals surface area contributed by atoms with Crippen molar-refractivity contribution in [2.75, 3.05) is 4.72 Å². The van der Waals surface area contributed by atoms with E-state index >= 15 is 0 Å². The molecule has 1 heterocycles. The van der Waals surface area contributed by atoms with Crippen molar-refractivity contribution in [1.82, 2.24) is 10.2 Å². The van der Waals surface area contributed by atoms with Gasteiger partial charge in [0.25, 0.3) is 15.8 Å². The van der Waals surface area contributed by atoms with Gasteiger partial charge in [-0.3, -0.25) is 9.52 Å². The van der Waals surface area contributed by atoms with Gasteiger partial charge < -0.3 is 0 Å². The molecular formula is C15H13FN4O3S. The molecule has 0 unspecified atom stereocenters. The predicted octanol–water partition coefficient (Wildman–Crippen LogP) is 1.27. The molecule has 9 heteroatoms. The molecule has 0 fully saturated rings. The first-order chi connectivity index (χ1) is 11.3. The summed E-state index contributed by atoms with van der Waals surface area (Å²) in [5.41, 5.74) is 0.525. The van der Waals surface area contributed by atoms with Gasteiger partial charge in [0.1, 0.15) is 5.82 Å². The summed E-state index contributed by atoms with van der Waals surface area (Å²) in [7, 11) is -3.97. The molecule has 0 radical (unpaired) electrons. The molecule has 0 aliphatic carbocycles. The SMILES string of the molecule is NS(=O)(=O)Nc1ccc(Cc2n[nH]c(=O)c3ccccc23)c(F)c1. The lowest BCUT2D eigenvalue weighted by Crippen LogP contribution is -2.21. The molecule has 2 aromatic carbocycles. The number of anilines is 1. The number of benzene rings is 2. The van der Waals surface area contributed by atoms with Gasteiger partial charge in [-0.05, 0) is 23.8 Å². The second-order valence-electron chi connectivity index (χ2n) is 5.18. The highest BCUT2D eigenvalue weighted by molar-refractivity contribution is 7.90. The van der Waals surface area contributed by atoms with Crippen LogP contribution in [0.4, 0.5) is 10.1 Å². The Morgan fingerprint density at radius 3 is 2.54 bits per heavy atom. The van der Waals surface area contributed by atoms with Gasteiger partial charge >= 0.3 is 0 Å². The van der Waals surface area contributed by atoms with Crippen molar-refractivity contribution in [3.05, 3.63) is 69.9 Å². The molecule has 124 valence electrons. The van der Waals surface area contributed by atoms with E-state index in [0.717, 1.165) is 6.07 Å². The van der Waals surface area contributed by atoms with Crippen molar-refractivity contribution < 1.29 is 12.8 Å². The highest BCUT2D eigenvalue weighted by atomic mass is 32.2. The first kappa shape index (κ1) is 16.1. The molecule has 4 N–H and O–H groups in total. The lowest BCUT2D eigenvalue weighted by molar-refractivity contribution is 0.602. The second kappa shape index (κ2) is 6.02. The van der Waals surface area contributed by atoms with Gasteiger partial charge in [0.05, 0.1) is 16.8 Å². The highest BCUT2D eigenvalue weighted by Gasteiger charge is 2.11. The van der Waals surface area contributed by atoms with E-state index in [2.05, 4.69) is 10.2 Å². The van der Waals surface area contributed by atoms with Gasteiger partial charge in [0.15, 0.2) is 0 Å². The molecule has 0 bridgehead atoms. The minimum Gasteiger partial charge on any atom is -0.271 e. The van der Waals surface area contributed by atoms with E-state index in [-0.39, 0.29) is 17.7 Å². The Hall–Kier alpha value is -2.78. The molecule has 0 saturated carbocycles. The van der Waals surface area contributed by atoms with Gasteiger partial charge in [-0.15, -0.1) is 0 Å². The molecule has 0 saturated heterocycles. The normalized spacial score (nSPS) is 11.6. The van der Waals surface area contributed by atoms with E-state index in [1.165, 1.54) is 12.1 Å². The van der Waals surface area contributed by atoms with Crippen LogP contribution in [0.25, 0.3) is 10.8 Å². The van der Waals surface area contributed by atoms with Crippen LogP contribution in [-0.2, 0) is 16.6 Å². The molecule has 24 heavy (non-hydrogen) atoms. The highest BCUT2D eigenvalue weighted by Crippen LogP contribution is 2.20. The number of aromatic amines is 1. The van der Waals surface area contributed by atoms with Gasteiger partial charge in [-0.2, -0.15) is 13.5 Å². The first-order valence-electron chi connectivity index (χ1n) is 6.89. The zero-order valence-electron chi connectivity index (χ0n) is 12.3. The van der Waals surface area contributed by atoms with Gasteiger partial charge in [-0.25, -0.2) is 14.6 Å². The number of halogens is 1. The Balaban J connectivity index is 1.98. The summed E-state index contributed by atoms with van der Waals surface area (Å²) in [6.07, 6.45) is 0.138. The number of nitrogens with two attached hydrogens (primary N) is 1. The Bertz CT molecular complexity index is 1080. The fraction of sp³-hybridized carbons (Fsp3) is 0.0667. The largest absolute Gasteiger partial charge is 0.296 e. The maximum atomic E-state index is 14.2. The van der Waals surface area contributed by atoms with E-state index in [1.807, 2.05) is 4.72 Å². The lowest BCUT2D eigenvalue weighted by Gasteiger charge is -2.08. The quantitative estimate of drug-likeness (QED) is 0.658. The van der Waals surface area contributed by atoms with Crippen molar-refractivity contribution in [2.45, 2.75) is 6.42 Å². The van der Waals surface area contributed by atoms with Crippen molar-refractivity contribution in [3.8, 4) is 0 Å². The summed E-state index contributed by atoms with van der Waals surface area (Å²) >= 11 is 0. The zero-order chi connectivity index (χ0) is 17.3. The summed E-state index contributed by atoms with van der Waals surface area (Å²) in [6, 6.07) is 10.8. The van der Waals surface area contributed by atoms with Crippen molar-refractivity contribution in [3.63, 3.8) is 0 Å². The summed E-state index contributed by atoms with van der Waals surface area (Å²) in [5, 5.41) is 12.3. The average molecular weight is 348 g/mol. The summed E-state index contributed by atoms with van der Waals surface area (Å²) < 4.78 is 38.1. The van der Waals surface area contributed by atoms with E-state index in [4.69, 9.17) is 5.14 Å². The fourth-order valence-electron chi connectivity index (χ4n) is 2.41. The Labute approximate surface area is 136 Å². The number of nitrogens with one attached hydrogen (secondary N) is 2. The molecule has 0 aliphatic rings. The molecular weight excluding hydrogens is 335 g/mol. The lowest BCUT2D eigenvalue weighted by atomic mass is 10.0. The number of rotatable bonds is 4. The van der Waals surface area contributed by atoms with Crippen LogP contribution in [-0.4, -0.2) is 18.6 Å². The maximum absolute atomic E-state index is 14.2. The maximum Gasteiger partial charge on any atom is 0.296 e. The smallest absolute Gasteiger partial charge is 0.271 e. The molecule has 0 spiro atoms. The summed E-state index contributed by atoms with van der Waals surface area (Å²) in [5.74, 6) is -0.610. The van der Waals surface area contributed by atoms with Crippen LogP contribution in [0.1, 0.15) is 11.3 Å². The van der Waals surface area contributed by atoms with Crippen molar-refractivity contribution >= 4 is 26.7 Å². The third kappa shape index (κ3) is 3.42. The third-order valence-electron chi connectivity index (χ3n) is 3.45. The number of hydrogen-bond donors (Lipinski definition) is 3. The standard InChI is InChI=1S/C15H13FN4O3S/c16-13-8-10(20-24(17,22)23)6-5-9(13)7-14-11-3-1-2-4-12(11)15(21)19-18-14/h1-6,8,20H,7H2,(H,19,21)(H2,17,22,23). The Morgan fingerprint density at radius 1 is 1.17 bits per heavy atom. The topological polar surface area (TPSA) is 118 Å². The second-order valence-corrected chi connectivity index (χ2v) is 6.47. The van der Waals surface area contributed by atoms with Crippen molar-refractivity contribution in [2.24, 2.45) is 5.14 Å². The number of H-pyrrole nitrogens is 1. The average Bonchev–Trinajstić information content (AvgIpc) is 2.51. The van der Waals surface area contributed by atoms with Crippen LogP contribution in [0.15, 0.2) is 47.3 Å². The van der Waals surface area contributed by atoms with Crippen LogP contribution in [0.3, 0.4) is 0 Å². The van der Waals surface area contributed by atoms with Crippen molar-refractivity contribution in [1.29, 1.82) is 0 Å². The number of aromatic nitrogens is 2. The molecule has 7 nitrogen and oxygen atoms in total. The molecule has 3 aromatic rings. The van der Waals surface area contributed by atoms with E-state index in [1.54, 1.807) is 24.3 Å². The van der Waals surface area contributed by atoms with Crippen LogP contribution in [0, 0.1) is 5.82 Å². The number of hydrogen-bond acceptors (Lipinski definition) is 4. The number of nitrogens with zero attached hydrogens (tertiary/aromatic N) is 1. The van der Waals surface area contributed by atoms with E-state index in [9.17, 15) is 17.6 Å². The van der Waals surface area contributed by atoms with Crippen LogP contribution in [0.5, 0.6) is 0 Å². The predicted molar refractivity (Wildman–Crippen MR) is 88.3 cm³/mol. The van der Waals surface area contributed by atoms with Crippen LogP contribution in [0.2, 0.25) is 0 Å². The third-order valence-corrected chi connectivity index (χ3v) is 3.97. The van der Waals surface area contributed by atoms with E-state index < -0.39 is 16.0 Å².